The molecule has 296 valence electrons. The highest BCUT2D eigenvalue weighted by Crippen LogP contribution is 2.26. The van der Waals surface area contributed by atoms with Crippen LogP contribution in [0.1, 0.15) is 85.7 Å². The molecule has 4 amide bonds. The van der Waals surface area contributed by atoms with E-state index >= 15 is 0 Å². The van der Waals surface area contributed by atoms with Crippen LogP contribution in [-0.2, 0) is 48.1 Å². The van der Waals surface area contributed by atoms with Gasteiger partial charge in [0.1, 0.15) is 12.1 Å². The van der Waals surface area contributed by atoms with Crippen molar-refractivity contribution in [1.82, 2.24) is 31.3 Å². The number of carbonyl (C=O) groups is 3. The molecule has 0 atom stereocenters. The maximum absolute atomic E-state index is 11.8. The van der Waals surface area contributed by atoms with Crippen molar-refractivity contribution in [2.75, 3.05) is 19.6 Å². The van der Waals surface area contributed by atoms with E-state index in [4.69, 9.17) is 10.6 Å². The number of aromatic nitrogens is 2. The second kappa shape index (κ2) is 24.6. The van der Waals surface area contributed by atoms with Gasteiger partial charge in [0.15, 0.2) is 0 Å². The molecule has 0 saturated carbocycles. The van der Waals surface area contributed by atoms with E-state index in [0.717, 1.165) is 61.4 Å². The third-order valence-electron chi connectivity index (χ3n) is 7.41. The topological polar surface area (TPSA) is 160 Å². The van der Waals surface area contributed by atoms with E-state index in [2.05, 4.69) is 68.1 Å². The van der Waals surface area contributed by atoms with Crippen molar-refractivity contribution in [3.05, 3.63) is 74.9 Å². The van der Waals surface area contributed by atoms with Gasteiger partial charge in [-0.3, -0.25) is 10.2 Å². The van der Waals surface area contributed by atoms with Crippen molar-refractivity contribution in [2.24, 2.45) is 5.84 Å². The zero-order chi connectivity index (χ0) is 37.4. The van der Waals surface area contributed by atoms with E-state index in [0.29, 0.717) is 13.1 Å². The second-order valence-corrected chi connectivity index (χ2v) is 17.7. The number of thiophene rings is 2. The highest BCUT2D eigenvalue weighted by molar-refractivity contribution is 7.12. The average Bonchev–Trinajstić information content (AvgIpc) is 3.85. The predicted octanol–water partition coefficient (Wildman–Crippen LogP) is 7.74. The smallest absolute Gasteiger partial charge is 0.328 e. The van der Waals surface area contributed by atoms with Gasteiger partial charge in [0, 0.05) is 43.4 Å². The standard InChI is InChI=1S/C21H31N3O3S2.C15H22N4OS2.2ClH/c1-14-11-17(9-8-16-13-28-15(2)24-16)29-18(14)7-6-10-22-20(26)23-12-19(25)27-21(3,4)5;1-10-8-13(6-5-12-9-21-11(2)18-12)22-14(10)4-3-7-17-15(20)19-16;;/h11,13H,6-10,12H2,1-5H3,(H2,22,23,26);8-9H,3-7,16H2,1-2H3,(H2,17,19,20);2*1H. The largest absolute Gasteiger partial charge is 0.459 e. The Morgan fingerprint density at radius 2 is 1.15 bits per heavy atom. The normalized spacial score (nSPS) is 10.6. The molecule has 4 aromatic rings. The fraction of sp³-hybridized carbons (Fsp3) is 0.528. The number of thiazole rings is 2. The number of carbonyl (C=O) groups excluding carboxylic acids is 3. The number of hydrogen-bond donors (Lipinski definition) is 5. The van der Waals surface area contributed by atoms with Gasteiger partial charge in [-0.15, -0.1) is 70.2 Å². The van der Waals surface area contributed by atoms with E-state index < -0.39 is 11.6 Å². The fourth-order valence-electron chi connectivity index (χ4n) is 5.02. The number of nitrogens with one attached hydrogen (secondary N) is 4. The van der Waals surface area contributed by atoms with E-state index in [9.17, 15) is 14.4 Å². The monoisotopic (exact) mass is 847 g/mol. The van der Waals surface area contributed by atoms with E-state index in [1.165, 1.54) is 42.0 Å². The third-order valence-corrected chi connectivity index (χ3v) is 11.8. The molecule has 0 saturated heterocycles. The van der Waals surface area contributed by atoms with Crippen LogP contribution in [0.4, 0.5) is 9.59 Å². The van der Waals surface area contributed by atoms with E-state index in [1.807, 2.05) is 36.5 Å². The van der Waals surface area contributed by atoms with Crippen molar-refractivity contribution in [3.63, 3.8) is 0 Å². The average molecular weight is 849 g/mol. The first-order valence-electron chi connectivity index (χ1n) is 17.2. The summed E-state index contributed by atoms with van der Waals surface area (Å²) >= 11 is 7.13. The molecule has 0 aliphatic carbocycles. The van der Waals surface area contributed by atoms with Crippen LogP contribution in [0.25, 0.3) is 0 Å². The summed E-state index contributed by atoms with van der Waals surface area (Å²) in [6, 6.07) is 3.86. The summed E-state index contributed by atoms with van der Waals surface area (Å²) in [4.78, 5) is 48.9. The molecule has 6 N–H and O–H groups in total. The molecule has 53 heavy (non-hydrogen) atoms. The van der Waals surface area contributed by atoms with Crippen LogP contribution >= 0.6 is 70.2 Å². The summed E-state index contributed by atoms with van der Waals surface area (Å²) in [6.45, 7) is 14.8. The number of nitrogens with two attached hydrogens (primary N) is 1. The molecule has 0 aromatic carbocycles. The van der Waals surface area contributed by atoms with Crippen molar-refractivity contribution in [2.45, 2.75) is 105 Å². The number of ether oxygens (including phenoxy) is 1. The Bertz CT molecular complexity index is 1700. The van der Waals surface area contributed by atoms with Crippen LogP contribution in [0.3, 0.4) is 0 Å². The van der Waals surface area contributed by atoms with Gasteiger partial charge in [0.2, 0.25) is 0 Å². The Morgan fingerprint density at radius 3 is 1.55 bits per heavy atom. The van der Waals surface area contributed by atoms with Crippen LogP contribution in [0.2, 0.25) is 0 Å². The minimum Gasteiger partial charge on any atom is -0.459 e. The lowest BCUT2D eigenvalue weighted by molar-refractivity contribution is -0.153. The molecule has 11 nitrogen and oxygen atoms in total. The lowest BCUT2D eigenvalue weighted by Gasteiger charge is -2.19. The van der Waals surface area contributed by atoms with Crippen LogP contribution in [-0.4, -0.2) is 53.2 Å². The van der Waals surface area contributed by atoms with Crippen molar-refractivity contribution >= 4 is 88.2 Å². The molecule has 0 spiro atoms. The maximum atomic E-state index is 11.8. The quantitative estimate of drug-likeness (QED) is 0.0254. The van der Waals surface area contributed by atoms with Gasteiger partial charge < -0.3 is 20.7 Å². The van der Waals surface area contributed by atoms with E-state index in [-0.39, 0.29) is 43.4 Å². The summed E-state index contributed by atoms with van der Waals surface area (Å²) in [5.41, 5.74) is 6.53. The minimum atomic E-state index is -0.550. The van der Waals surface area contributed by atoms with Crippen LogP contribution in [0, 0.1) is 27.7 Å². The molecule has 4 aromatic heterocycles. The first kappa shape index (κ1) is 48.2. The Hall–Kier alpha value is -2.79. The molecule has 4 rings (SSSR count). The van der Waals surface area contributed by atoms with Crippen molar-refractivity contribution in [1.29, 1.82) is 0 Å². The number of halogens is 2. The SMILES string of the molecule is Cc1nc(CCc2cc(C)c(CCCNC(=O)NCC(=O)OC(C)(C)C)s2)cs1.Cc1nc(CCc2cc(C)c(CCCNC(=O)NN)s2)cs1.Cl.Cl. The van der Waals surface area contributed by atoms with Gasteiger partial charge in [-0.2, -0.15) is 0 Å². The van der Waals surface area contributed by atoms with Gasteiger partial charge in [0.25, 0.3) is 0 Å². The zero-order valence-electron chi connectivity index (χ0n) is 31.6. The molecule has 0 fully saturated rings. The fourth-order valence-corrected chi connectivity index (χ4v) is 8.76. The lowest BCUT2D eigenvalue weighted by atomic mass is 10.1. The molecule has 0 bridgehead atoms. The number of amides is 4. The van der Waals surface area contributed by atoms with E-state index in [1.54, 1.807) is 43.4 Å². The minimum absolute atomic E-state index is 0. The summed E-state index contributed by atoms with van der Waals surface area (Å²) in [5.74, 6) is 4.57. The highest BCUT2D eigenvalue weighted by Gasteiger charge is 2.16. The summed E-state index contributed by atoms with van der Waals surface area (Å²) in [7, 11) is 0. The zero-order valence-corrected chi connectivity index (χ0v) is 36.5. The molecule has 0 aliphatic rings. The first-order valence-corrected chi connectivity index (χ1v) is 20.6. The number of hydrazine groups is 1. The summed E-state index contributed by atoms with van der Waals surface area (Å²) in [6.07, 6.45) is 7.72. The predicted molar refractivity (Wildman–Crippen MR) is 226 cm³/mol. The molecule has 0 aliphatic heterocycles. The third kappa shape index (κ3) is 19.4. The molecular weight excluding hydrogens is 794 g/mol. The van der Waals surface area contributed by atoms with Gasteiger partial charge in [0.05, 0.1) is 21.4 Å². The molecule has 0 unspecified atom stereocenters. The number of aryl methyl sites for hydroxylation is 10. The Balaban J connectivity index is 0.000000528. The molecular formula is C36H55Cl2N7O4S4. The lowest BCUT2D eigenvalue weighted by Crippen LogP contribution is -2.40. The first-order chi connectivity index (χ1) is 24.2. The van der Waals surface area contributed by atoms with Crippen LogP contribution in [0.5, 0.6) is 0 Å². The second-order valence-electron chi connectivity index (χ2n) is 13.2. The van der Waals surface area contributed by atoms with Crippen molar-refractivity contribution < 1.29 is 19.1 Å². The number of nitrogens with zero attached hydrogens (tertiary/aromatic N) is 2. The highest BCUT2D eigenvalue weighted by atomic mass is 35.5. The maximum Gasteiger partial charge on any atom is 0.328 e. The summed E-state index contributed by atoms with van der Waals surface area (Å²) < 4.78 is 5.15. The van der Waals surface area contributed by atoms with Gasteiger partial charge in [-0.25, -0.2) is 25.4 Å². The van der Waals surface area contributed by atoms with Crippen LogP contribution < -0.4 is 27.2 Å². The molecule has 17 heteroatoms. The Morgan fingerprint density at radius 1 is 0.698 bits per heavy atom. The van der Waals surface area contributed by atoms with Gasteiger partial charge in [-0.1, -0.05) is 0 Å². The number of hydrogen-bond acceptors (Lipinski definition) is 11. The number of urea groups is 2. The van der Waals surface area contributed by atoms with Crippen molar-refractivity contribution in [3.8, 4) is 0 Å². The molecule has 0 radical (unpaired) electrons. The molecule has 4 heterocycles. The van der Waals surface area contributed by atoms with Gasteiger partial charge >= 0.3 is 18.0 Å². The van der Waals surface area contributed by atoms with Crippen LogP contribution in [0.15, 0.2) is 22.9 Å². The number of rotatable bonds is 16. The number of esters is 1. The van der Waals surface area contributed by atoms with Gasteiger partial charge in [-0.05, 0) is 123 Å². The Kier molecular flexibility index (Phi) is 22.4. The summed E-state index contributed by atoms with van der Waals surface area (Å²) in [5, 5.41) is 14.5. The Labute approximate surface area is 342 Å².